The molecule has 1 aliphatic rings. The van der Waals surface area contributed by atoms with Gasteiger partial charge in [-0.1, -0.05) is 26.0 Å². The molecule has 0 spiro atoms. The zero-order valence-electron chi connectivity index (χ0n) is 9.41. The summed E-state index contributed by atoms with van der Waals surface area (Å²) in [7, 11) is 0. The zero-order chi connectivity index (χ0) is 11.9. The molecule has 16 heavy (non-hydrogen) atoms. The van der Waals surface area contributed by atoms with Crippen LogP contribution in [0, 0.1) is 5.41 Å². The highest BCUT2D eigenvalue weighted by Gasteiger charge is 2.33. The van der Waals surface area contributed by atoms with Crippen LogP contribution in [-0.2, 0) is 6.42 Å². The summed E-state index contributed by atoms with van der Waals surface area (Å²) >= 11 is 0. The van der Waals surface area contributed by atoms with E-state index >= 15 is 0 Å². The average molecular weight is 218 g/mol. The van der Waals surface area contributed by atoms with Crippen LogP contribution in [0.4, 0.5) is 0 Å². The third-order valence-electron chi connectivity index (χ3n) is 3.00. The number of carbonyl (C=O) groups excluding carboxylic acids is 1. The topological polar surface area (TPSA) is 54.4 Å². The second-order valence-corrected chi connectivity index (χ2v) is 5.08. The van der Waals surface area contributed by atoms with Crippen molar-refractivity contribution in [2.24, 2.45) is 5.41 Å². The Balaban J connectivity index is 2.61. The maximum atomic E-state index is 11.9. The fourth-order valence-electron chi connectivity index (χ4n) is 2.31. The Morgan fingerprint density at radius 3 is 2.62 bits per heavy atom. The molecule has 0 saturated heterocycles. The minimum Gasteiger partial charge on any atom is -0.478 e. The minimum atomic E-state index is -0.956. The van der Waals surface area contributed by atoms with Crippen molar-refractivity contribution in [2.45, 2.75) is 26.7 Å². The standard InChI is InChI=1S/C13H14O3/c1-13(2)6-10-8(11(14)7-13)4-3-5-9(10)12(15)16/h3-5H,6-7H2,1-2H3,(H,15,16). The van der Waals surface area contributed by atoms with Crippen LogP contribution in [0.5, 0.6) is 0 Å². The molecule has 0 aliphatic heterocycles. The second-order valence-electron chi connectivity index (χ2n) is 5.08. The van der Waals surface area contributed by atoms with Crippen LogP contribution >= 0.6 is 0 Å². The molecule has 0 atom stereocenters. The molecule has 0 heterocycles. The first-order chi connectivity index (χ1) is 7.41. The summed E-state index contributed by atoms with van der Waals surface area (Å²) in [5.74, 6) is -0.906. The first-order valence-corrected chi connectivity index (χ1v) is 5.29. The van der Waals surface area contributed by atoms with Crippen LogP contribution in [-0.4, -0.2) is 16.9 Å². The predicted octanol–water partition coefficient (Wildman–Crippen LogP) is 2.54. The number of aromatic carboxylic acids is 1. The molecule has 0 bridgehead atoms. The summed E-state index contributed by atoms with van der Waals surface area (Å²) in [6.45, 7) is 3.99. The molecule has 3 heteroatoms. The summed E-state index contributed by atoms with van der Waals surface area (Å²) in [5.41, 5.74) is 1.39. The van der Waals surface area contributed by atoms with E-state index in [1.807, 2.05) is 13.8 Å². The number of carboxylic acid groups (broad SMARTS) is 1. The molecule has 1 aliphatic carbocycles. The summed E-state index contributed by atoms with van der Waals surface area (Å²) in [6, 6.07) is 4.92. The van der Waals surface area contributed by atoms with E-state index in [0.29, 0.717) is 24.0 Å². The number of carboxylic acids is 1. The Labute approximate surface area is 94.1 Å². The van der Waals surface area contributed by atoms with Gasteiger partial charge in [0.1, 0.15) is 0 Å². The van der Waals surface area contributed by atoms with E-state index in [0.717, 1.165) is 0 Å². The second kappa shape index (κ2) is 3.44. The number of benzene rings is 1. The molecule has 0 fully saturated rings. The normalized spacial score (nSPS) is 18.0. The molecule has 2 rings (SSSR count). The van der Waals surface area contributed by atoms with E-state index in [2.05, 4.69) is 0 Å². The molecule has 0 unspecified atom stereocenters. The summed E-state index contributed by atoms with van der Waals surface area (Å²) in [5, 5.41) is 9.09. The third kappa shape index (κ3) is 1.73. The van der Waals surface area contributed by atoms with Gasteiger partial charge < -0.3 is 5.11 Å². The number of ketones is 1. The van der Waals surface area contributed by atoms with Crippen LogP contribution in [0.25, 0.3) is 0 Å². The number of rotatable bonds is 1. The number of fused-ring (bicyclic) bond motifs is 1. The largest absolute Gasteiger partial charge is 0.478 e. The van der Waals surface area contributed by atoms with Gasteiger partial charge >= 0.3 is 5.97 Å². The van der Waals surface area contributed by atoms with E-state index in [1.54, 1.807) is 18.2 Å². The lowest BCUT2D eigenvalue weighted by Gasteiger charge is -2.30. The van der Waals surface area contributed by atoms with E-state index in [4.69, 9.17) is 5.11 Å². The van der Waals surface area contributed by atoms with Gasteiger partial charge in [-0.15, -0.1) is 0 Å². The van der Waals surface area contributed by atoms with Crippen LogP contribution < -0.4 is 0 Å². The van der Waals surface area contributed by atoms with Gasteiger partial charge in [0.25, 0.3) is 0 Å². The number of Topliss-reactive ketones (excluding diaryl/α,β-unsaturated/α-hetero) is 1. The van der Waals surface area contributed by atoms with Gasteiger partial charge in [0.05, 0.1) is 5.56 Å². The highest BCUT2D eigenvalue weighted by atomic mass is 16.4. The lowest BCUT2D eigenvalue weighted by atomic mass is 9.72. The van der Waals surface area contributed by atoms with Crippen molar-refractivity contribution >= 4 is 11.8 Å². The average Bonchev–Trinajstić information content (AvgIpc) is 2.14. The highest BCUT2D eigenvalue weighted by Crippen LogP contribution is 2.36. The monoisotopic (exact) mass is 218 g/mol. The summed E-state index contributed by atoms with van der Waals surface area (Å²) in [6.07, 6.45) is 1.14. The molecule has 1 N–H and O–H groups in total. The molecule has 0 radical (unpaired) electrons. The fourth-order valence-corrected chi connectivity index (χ4v) is 2.31. The van der Waals surface area contributed by atoms with E-state index in [1.165, 1.54) is 0 Å². The SMILES string of the molecule is CC1(C)CC(=O)c2cccc(C(=O)O)c2C1. The van der Waals surface area contributed by atoms with Crippen molar-refractivity contribution in [2.75, 3.05) is 0 Å². The van der Waals surface area contributed by atoms with Crippen LogP contribution in [0.15, 0.2) is 18.2 Å². The van der Waals surface area contributed by atoms with Crippen molar-refractivity contribution in [1.29, 1.82) is 0 Å². The van der Waals surface area contributed by atoms with Gasteiger partial charge in [-0.05, 0) is 23.5 Å². The van der Waals surface area contributed by atoms with Crippen molar-refractivity contribution in [3.8, 4) is 0 Å². The summed E-state index contributed by atoms with van der Waals surface area (Å²) in [4.78, 5) is 23.0. The quantitative estimate of drug-likeness (QED) is 0.788. The molecular formula is C13H14O3. The van der Waals surface area contributed by atoms with Gasteiger partial charge in [-0.25, -0.2) is 4.79 Å². The van der Waals surface area contributed by atoms with Crippen LogP contribution in [0.2, 0.25) is 0 Å². The van der Waals surface area contributed by atoms with Crippen molar-refractivity contribution < 1.29 is 14.7 Å². The molecule has 0 saturated carbocycles. The Morgan fingerprint density at radius 2 is 2.00 bits per heavy atom. The van der Waals surface area contributed by atoms with E-state index < -0.39 is 5.97 Å². The Hall–Kier alpha value is -1.64. The maximum absolute atomic E-state index is 11.9. The molecule has 0 aromatic heterocycles. The number of hydrogen-bond acceptors (Lipinski definition) is 2. The lowest BCUT2D eigenvalue weighted by molar-refractivity contribution is 0.0694. The van der Waals surface area contributed by atoms with E-state index in [9.17, 15) is 9.59 Å². The molecule has 1 aromatic rings. The van der Waals surface area contributed by atoms with Crippen LogP contribution in [0.1, 0.15) is 46.5 Å². The summed E-state index contributed by atoms with van der Waals surface area (Å²) < 4.78 is 0. The lowest BCUT2D eigenvalue weighted by Crippen LogP contribution is -2.28. The molecule has 1 aromatic carbocycles. The van der Waals surface area contributed by atoms with Crippen molar-refractivity contribution in [1.82, 2.24) is 0 Å². The fraction of sp³-hybridized carbons (Fsp3) is 0.385. The van der Waals surface area contributed by atoms with Gasteiger partial charge in [0.15, 0.2) is 5.78 Å². The zero-order valence-corrected chi connectivity index (χ0v) is 9.41. The maximum Gasteiger partial charge on any atom is 0.335 e. The Morgan fingerprint density at radius 1 is 1.31 bits per heavy atom. The van der Waals surface area contributed by atoms with Crippen molar-refractivity contribution in [3.05, 3.63) is 34.9 Å². The van der Waals surface area contributed by atoms with Gasteiger partial charge in [0, 0.05) is 12.0 Å². The van der Waals surface area contributed by atoms with Gasteiger partial charge in [-0.2, -0.15) is 0 Å². The molecule has 0 amide bonds. The van der Waals surface area contributed by atoms with E-state index in [-0.39, 0.29) is 16.8 Å². The van der Waals surface area contributed by atoms with Crippen molar-refractivity contribution in [3.63, 3.8) is 0 Å². The first kappa shape index (κ1) is 10.9. The third-order valence-corrected chi connectivity index (χ3v) is 3.00. The minimum absolute atomic E-state index is 0.0503. The van der Waals surface area contributed by atoms with Gasteiger partial charge in [0.2, 0.25) is 0 Å². The predicted molar refractivity (Wildman–Crippen MR) is 59.8 cm³/mol. The molecule has 84 valence electrons. The molecular weight excluding hydrogens is 204 g/mol. The van der Waals surface area contributed by atoms with Gasteiger partial charge in [-0.3, -0.25) is 4.79 Å². The number of hydrogen-bond donors (Lipinski definition) is 1. The number of carbonyl (C=O) groups is 2. The van der Waals surface area contributed by atoms with Crippen LogP contribution in [0.3, 0.4) is 0 Å². The highest BCUT2D eigenvalue weighted by molar-refractivity contribution is 6.02. The first-order valence-electron chi connectivity index (χ1n) is 5.29. The Bertz CT molecular complexity index is 458. The molecule has 3 nitrogen and oxygen atoms in total. The Kier molecular flexibility index (Phi) is 2.34. The smallest absolute Gasteiger partial charge is 0.335 e.